The van der Waals surface area contributed by atoms with Crippen molar-refractivity contribution in [3.8, 4) is 0 Å². The van der Waals surface area contributed by atoms with Gasteiger partial charge in [0.1, 0.15) is 0 Å². The van der Waals surface area contributed by atoms with Gasteiger partial charge in [0.2, 0.25) is 0 Å². The predicted molar refractivity (Wildman–Crippen MR) is 89.8 cm³/mol. The molecule has 0 fully saturated rings. The lowest BCUT2D eigenvalue weighted by Gasteiger charge is -2.15. The van der Waals surface area contributed by atoms with Gasteiger partial charge in [-0.05, 0) is 40.7 Å². The van der Waals surface area contributed by atoms with E-state index in [1.807, 2.05) is 39.4 Å². The molecule has 0 aliphatic heterocycles. The summed E-state index contributed by atoms with van der Waals surface area (Å²) in [5.41, 5.74) is 5.28. The maximum Gasteiger partial charge on any atom is 0.258 e. The molecule has 1 atom stereocenters. The van der Waals surface area contributed by atoms with Crippen LogP contribution >= 0.6 is 0 Å². The molecule has 24 heavy (non-hydrogen) atoms. The summed E-state index contributed by atoms with van der Waals surface area (Å²) in [5, 5.41) is 12.0. The molecule has 7 heteroatoms. The smallest absolute Gasteiger partial charge is 0.258 e. The molecule has 0 radical (unpaired) electrons. The van der Waals surface area contributed by atoms with Crippen LogP contribution in [0.2, 0.25) is 0 Å². The maximum atomic E-state index is 12.8. The zero-order valence-corrected chi connectivity index (χ0v) is 14.8. The van der Waals surface area contributed by atoms with Crippen LogP contribution in [0.5, 0.6) is 0 Å². The Bertz CT molecular complexity index is 938. The average molecular weight is 327 g/mol. The minimum absolute atomic E-state index is 0.158. The van der Waals surface area contributed by atoms with Crippen LogP contribution in [-0.4, -0.2) is 25.8 Å². The van der Waals surface area contributed by atoms with Crippen molar-refractivity contribution >= 4 is 17.0 Å². The fourth-order valence-corrected chi connectivity index (χ4v) is 3.16. The summed E-state index contributed by atoms with van der Waals surface area (Å²) in [7, 11) is 1.90. The fraction of sp³-hybridized carbons (Fsp3) is 0.412. The first-order chi connectivity index (χ1) is 11.3. The Morgan fingerprint density at radius 2 is 1.96 bits per heavy atom. The molecule has 1 amide bonds. The third-order valence-corrected chi connectivity index (χ3v) is 4.34. The third kappa shape index (κ3) is 2.55. The molecule has 3 heterocycles. The molecule has 3 aromatic rings. The molecule has 0 saturated carbocycles. The number of amides is 1. The van der Waals surface area contributed by atoms with Crippen molar-refractivity contribution in [1.82, 2.24) is 25.2 Å². The topological polar surface area (TPSA) is 85.8 Å². The van der Waals surface area contributed by atoms with Crippen molar-refractivity contribution in [2.75, 3.05) is 0 Å². The Balaban J connectivity index is 1.97. The van der Waals surface area contributed by atoms with Crippen molar-refractivity contribution in [1.29, 1.82) is 0 Å². The van der Waals surface area contributed by atoms with E-state index in [0.717, 1.165) is 17.0 Å². The summed E-state index contributed by atoms with van der Waals surface area (Å²) in [4.78, 5) is 17.1. The molecular weight excluding hydrogens is 306 g/mol. The lowest BCUT2D eigenvalue weighted by atomic mass is 10.0. The highest BCUT2D eigenvalue weighted by Gasteiger charge is 2.22. The first kappa shape index (κ1) is 16.2. The Morgan fingerprint density at radius 3 is 2.58 bits per heavy atom. The second kappa shape index (κ2) is 5.74. The van der Waals surface area contributed by atoms with Gasteiger partial charge in [-0.15, -0.1) is 0 Å². The number of nitrogens with zero attached hydrogens (tertiary/aromatic N) is 4. The standard InChI is InChI=1S/C17H21N5O2/c1-8-7-13(15-11(4)21-24-17(15)18-8)16(23)19-9(2)14-10(3)20-22(6)12(14)5/h7,9H,1-6H3,(H,19,23)/t9-/m1/s1. The summed E-state index contributed by atoms with van der Waals surface area (Å²) in [6, 6.07) is 1.60. The second-order valence-corrected chi connectivity index (χ2v) is 6.16. The van der Waals surface area contributed by atoms with E-state index in [1.54, 1.807) is 13.0 Å². The van der Waals surface area contributed by atoms with Crippen LogP contribution in [0.15, 0.2) is 10.6 Å². The van der Waals surface area contributed by atoms with Crippen molar-refractivity contribution in [3.63, 3.8) is 0 Å². The highest BCUT2D eigenvalue weighted by molar-refractivity contribution is 6.06. The first-order valence-corrected chi connectivity index (χ1v) is 7.84. The van der Waals surface area contributed by atoms with E-state index in [0.29, 0.717) is 28.1 Å². The van der Waals surface area contributed by atoms with Gasteiger partial charge in [0.05, 0.1) is 28.4 Å². The molecule has 0 aliphatic carbocycles. The third-order valence-electron chi connectivity index (χ3n) is 4.34. The molecule has 0 saturated heterocycles. The fourth-order valence-electron chi connectivity index (χ4n) is 3.16. The monoisotopic (exact) mass is 327 g/mol. The highest BCUT2D eigenvalue weighted by Crippen LogP contribution is 2.24. The van der Waals surface area contributed by atoms with Gasteiger partial charge in [-0.3, -0.25) is 9.48 Å². The molecule has 126 valence electrons. The van der Waals surface area contributed by atoms with Crippen molar-refractivity contribution < 1.29 is 9.32 Å². The summed E-state index contributed by atoms with van der Waals surface area (Å²) < 4.78 is 7.02. The Labute approximate surface area is 140 Å². The van der Waals surface area contributed by atoms with Gasteiger partial charge >= 0.3 is 0 Å². The largest absolute Gasteiger partial charge is 0.345 e. The number of hydrogen-bond donors (Lipinski definition) is 1. The van der Waals surface area contributed by atoms with Crippen LogP contribution in [0.1, 0.15) is 51.7 Å². The molecule has 0 spiro atoms. The van der Waals surface area contributed by atoms with Gasteiger partial charge in [-0.25, -0.2) is 4.98 Å². The van der Waals surface area contributed by atoms with Crippen LogP contribution < -0.4 is 5.32 Å². The van der Waals surface area contributed by atoms with Crippen LogP contribution in [0, 0.1) is 27.7 Å². The Kier molecular flexibility index (Phi) is 3.87. The van der Waals surface area contributed by atoms with Gasteiger partial charge in [-0.2, -0.15) is 5.10 Å². The van der Waals surface area contributed by atoms with Crippen LogP contribution in [0.4, 0.5) is 0 Å². The number of rotatable bonds is 3. The van der Waals surface area contributed by atoms with Gasteiger partial charge in [0, 0.05) is 24.0 Å². The van der Waals surface area contributed by atoms with E-state index < -0.39 is 0 Å². The summed E-state index contributed by atoms with van der Waals surface area (Å²) >= 11 is 0. The molecule has 3 rings (SSSR count). The summed E-state index contributed by atoms with van der Waals surface area (Å²) in [6.45, 7) is 9.53. The second-order valence-electron chi connectivity index (χ2n) is 6.16. The lowest BCUT2D eigenvalue weighted by molar-refractivity contribution is 0.0941. The molecule has 0 bridgehead atoms. The first-order valence-electron chi connectivity index (χ1n) is 7.84. The normalized spacial score (nSPS) is 12.6. The van der Waals surface area contributed by atoms with Gasteiger partial charge in [0.15, 0.2) is 0 Å². The number of carbonyl (C=O) groups is 1. The van der Waals surface area contributed by atoms with E-state index in [2.05, 4.69) is 20.6 Å². The zero-order chi connectivity index (χ0) is 17.6. The lowest BCUT2D eigenvalue weighted by Crippen LogP contribution is -2.27. The molecule has 3 aromatic heterocycles. The van der Waals surface area contributed by atoms with E-state index in [1.165, 1.54) is 0 Å². The SMILES string of the molecule is Cc1cc(C(=O)N[C@H](C)c2c(C)nn(C)c2C)c2c(C)noc2n1. The van der Waals surface area contributed by atoms with Crippen LogP contribution in [-0.2, 0) is 7.05 Å². The van der Waals surface area contributed by atoms with Gasteiger partial charge in [-0.1, -0.05) is 5.16 Å². The summed E-state index contributed by atoms with van der Waals surface area (Å²) in [6.07, 6.45) is 0. The molecule has 7 nitrogen and oxygen atoms in total. The Hall–Kier alpha value is -2.70. The van der Waals surface area contributed by atoms with Crippen LogP contribution in [0.3, 0.4) is 0 Å². The van der Waals surface area contributed by atoms with E-state index in [4.69, 9.17) is 4.52 Å². The molecule has 0 aromatic carbocycles. The molecular formula is C17H21N5O2. The predicted octanol–water partition coefficient (Wildman–Crippen LogP) is 2.68. The van der Waals surface area contributed by atoms with E-state index >= 15 is 0 Å². The van der Waals surface area contributed by atoms with Gasteiger partial charge < -0.3 is 9.84 Å². The minimum atomic E-state index is -0.174. The number of carbonyl (C=O) groups excluding carboxylic acids is 1. The maximum absolute atomic E-state index is 12.8. The molecule has 0 aliphatic rings. The quantitative estimate of drug-likeness (QED) is 0.799. The number of nitrogens with one attached hydrogen (secondary N) is 1. The van der Waals surface area contributed by atoms with E-state index in [-0.39, 0.29) is 11.9 Å². The summed E-state index contributed by atoms with van der Waals surface area (Å²) in [5.74, 6) is -0.174. The Morgan fingerprint density at radius 1 is 1.25 bits per heavy atom. The van der Waals surface area contributed by atoms with Crippen molar-refractivity contribution in [2.24, 2.45) is 7.05 Å². The number of hydrogen-bond acceptors (Lipinski definition) is 5. The van der Waals surface area contributed by atoms with Crippen LogP contribution in [0.25, 0.3) is 11.1 Å². The van der Waals surface area contributed by atoms with E-state index in [9.17, 15) is 4.79 Å². The minimum Gasteiger partial charge on any atom is -0.345 e. The number of aryl methyl sites for hydroxylation is 4. The molecule has 1 N–H and O–H groups in total. The van der Waals surface area contributed by atoms with Crippen molar-refractivity contribution in [3.05, 3.63) is 40.0 Å². The highest BCUT2D eigenvalue weighted by atomic mass is 16.5. The number of pyridine rings is 1. The zero-order valence-electron chi connectivity index (χ0n) is 14.8. The number of aromatic nitrogens is 4. The van der Waals surface area contributed by atoms with Gasteiger partial charge in [0.25, 0.3) is 11.6 Å². The molecule has 0 unspecified atom stereocenters. The van der Waals surface area contributed by atoms with Crippen molar-refractivity contribution in [2.45, 2.75) is 40.7 Å². The average Bonchev–Trinajstić information content (AvgIpc) is 2.98. The number of fused-ring (bicyclic) bond motifs is 1.